The van der Waals surface area contributed by atoms with Crippen molar-refractivity contribution in [2.24, 2.45) is 0 Å². The van der Waals surface area contributed by atoms with Crippen LogP contribution in [0, 0.1) is 0 Å². The SMILES string of the molecule is COc1ccc(CC[C@H]2OC2(C)C)cc1. The zero-order valence-electron chi connectivity index (χ0n) is 9.62. The van der Waals surface area contributed by atoms with Gasteiger partial charge >= 0.3 is 0 Å². The molecule has 2 nitrogen and oxygen atoms in total. The molecule has 1 atom stereocenters. The summed E-state index contributed by atoms with van der Waals surface area (Å²) in [5.41, 5.74) is 1.47. The lowest BCUT2D eigenvalue weighted by molar-refractivity contribution is 0.320. The van der Waals surface area contributed by atoms with Crippen molar-refractivity contribution in [2.45, 2.75) is 38.4 Å². The van der Waals surface area contributed by atoms with Gasteiger partial charge < -0.3 is 9.47 Å². The van der Waals surface area contributed by atoms with Gasteiger partial charge in [0.25, 0.3) is 0 Å². The zero-order chi connectivity index (χ0) is 10.9. The minimum Gasteiger partial charge on any atom is -0.497 e. The first kappa shape index (κ1) is 10.5. The van der Waals surface area contributed by atoms with Gasteiger partial charge in [0.15, 0.2) is 0 Å². The van der Waals surface area contributed by atoms with Gasteiger partial charge in [0.2, 0.25) is 0 Å². The van der Waals surface area contributed by atoms with Gasteiger partial charge in [-0.1, -0.05) is 12.1 Å². The third-order valence-electron chi connectivity index (χ3n) is 3.02. The summed E-state index contributed by atoms with van der Waals surface area (Å²) in [4.78, 5) is 0. The molecule has 0 radical (unpaired) electrons. The molecule has 1 aromatic carbocycles. The van der Waals surface area contributed by atoms with Crippen molar-refractivity contribution in [3.8, 4) is 5.75 Å². The van der Waals surface area contributed by atoms with Gasteiger partial charge in [-0.25, -0.2) is 0 Å². The largest absolute Gasteiger partial charge is 0.497 e. The molecule has 0 amide bonds. The molecule has 1 aliphatic heterocycles. The lowest BCUT2D eigenvalue weighted by atomic mass is 10.0. The fourth-order valence-electron chi connectivity index (χ4n) is 1.83. The summed E-state index contributed by atoms with van der Waals surface area (Å²) < 4.78 is 10.7. The zero-order valence-corrected chi connectivity index (χ0v) is 9.62. The number of rotatable bonds is 4. The Morgan fingerprint density at radius 1 is 1.27 bits per heavy atom. The fourth-order valence-corrected chi connectivity index (χ4v) is 1.83. The summed E-state index contributed by atoms with van der Waals surface area (Å²) in [7, 11) is 1.69. The topological polar surface area (TPSA) is 21.8 Å². The molecule has 15 heavy (non-hydrogen) atoms. The highest BCUT2D eigenvalue weighted by Crippen LogP contribution is 2.38. The first-order valence-electron chi connectivity index (χ1n) is 5.42. The average molecular weight is 206 g/mol. The van der Waals surface area contributed by atoms with Gasteiger partial charge in [-0.3, -0.25) is 0 Å². The van der Waals surface area contributed by atoms with Crippen molar-refractivity contribution in [2.75, 3.05) is 7.11 Å². The second-order valence-corrected chi connectivity index (χ2v) is 4.60. The summed E-state index contributed by atoms with van der Waals surface area (Å²) >= 11 is 0. The Hall–Kier alpha value is -1.02. The number of aryl methyl sites for hydroxylation is 1. The molecule has 1 heterocycles. The smallest absolute Gasteiger partial charge is 0.118 e. The third-order valence-corrected chi connectivity index (χ3v) is 3.02. The molecule has 1 saturated heterocycles. The van der Waals surface area contributed by atoms with E-state index >= 15 is 0 Å². The summed E-state index contributed by atoms with van der Waals surface area (Å²) in [6.07, 6.45) is 2.64. The van der Waals surface area contributed by atoms with E-state index in [4.69, 9.17) is 9.47 Å². The first-order chi connectivity index (χ1) is 7.12. The lowest BCUT2D eigenvalue weighted by Gasteiger charge is -2.02. The van der Waals surface area contributed by atoms with Crippen LogP contribution in [0.5, 0.6) is 5.75 Å². The van der Waals surface area contributed by atoms with Gasteiger partial charge in [-0.15, -0.1) is 0 Å². The first-order valence-corrected chi connectivity index (χ1v) is 5.42. The molecule has 0 unspecified atom stereocenters. The van der Waals surface area contributed by atoms with E-state index in [1.165, 1.54) is 5.56 Å². The number of ether oxygens (including phenoxy) is 2. The maximum atomic E-state index is 5.55. The number of hydrogen-bond acceptors (Lipinski definition) is 2. The Morgan fingerprint density at radius 3 is 2.33 bits per heavy atom. The molecule has 2 heteroatoms. The molecule has 0 saturated carbocycles. The van der Waals surface area contributed by atoms with E-state index in [0.29, 0.717) is 6.10 Å². The minimum absolute atomic E-state index is 0.118. The molecule has 1 fully saturated rings. The summed E-state index contributed by atoms with van der Waals surface area (Å²) in [6.45, 7) is 4.29. The summed E-state index contributed by atoms with van der Waals surface area (Å²) in [6, 6.07) is 8.25. The van der Waals surface area contributed by atoms with E-state index in [0.717, 1.165) is 18.6 Å². The third kappa shape index (κ3) is 2.51. The van der Waals surface area contributed by atoms with Crippen molar-refractivity contribution in [1.82, 2.24) is 0 Å². The van der Waals surface area contributed by atoms with E-state index in [9.17, 15) is 0 Å². The van der Waals surface area contributed by atoms with Crippen LogP contribution in [0.15, 0.2) is 24.3 Å². The molecule has 0 aliphatic carbocycles. The standard InChI is InChI=1S/C13H18O2/c1-13(2)12(15-13)9-6-10-4-7-11(14-3)8-5-10/h4-5,7-8,12H,6,9H2,1-3H3/t12-/m1/s1. The van der Waals surface area contributed by atoms with Crippen LogP contribution in [-0.2, 0) is 11.2 Å². The molecule has 0 N–H and O–H groups in total. The van der Waals surface area contributed by atoms with Crippen molar-refractivity contribution < 1.29 is 9.47 Å². The molecule has 0 spiro atoms. The van der Waals surface area contributed by atoms with Gasteiger partial charge in [-0.05, 0) is 44.4 Å². The number of benzene rings is 1. The van der Waals surface area contributed by atoms with E-state index in [1.54, 1.807) is 7.11 Å². The summed E-state index contributed by atoms with van der Waals surface area (Å²) in [5.74, 6) is 0.918. The van der Waals surface area contributed by atoms with Crippen LogP contribution in [0.1, 0.15) is 25.8 Å². The maximum Gasteiger partial charge on any atom is 0.118 e. The van der Waals surface area contributed by atoms with E-state index in [-0.39, 0.29) is 5.60 Å². The van der Waals surface area contributed by atoms with Crippen LogP contribution in [-0.4, -0.2) is 18.8 Å². The van der Waals surface area contributed by atoms with E-state index in [1.807, 2.05) is 12.1 Å². The lowest BCUT2D eigenvalue weighted by Crippen LogP contribution is -2.03. The molecule has 1 aromatic rings. The van der Waals surface area contributed by atoms with Crippen molar-refractivity contribution in [1.29, 1.82) is 0 Å². The maximum absolute atomic E-state index is 5.55. The normalized spacial score (nSPS) is 22.5. The van der Waals surface area contributed by atoms with Crippen LogP contribution in [0.4, 0.5) is 0 Å². The Labute approximate surface area is 91.2 Å². The van der Waals surface area contributed by atoms with E-state index < -0.39 is 0 Å². The van der Waals surface area contributed by atoms with Crippen molar-refractivity contribution in [3.05, 3.63) is 29.8 Å². The monoisotopic (exact) mass is 206 g/mol. The van der Waals surface area contributed by atoms with Gasteiger partial charge in [0, 0.05) is 0 Å². The number of hydrogen-bond donors (Lipinski definition) is 0. The Bertz CT molecular complexity index is 327. The molecular formula is C13H18O2. The van der Waals surface area contributed by atoms with Crippen LogP contribution < -0.4 is 4.74 Å². The second kappa shape index (κ2) is 3.86. The highest BCUT2D eigenvalue weighted by molar-refractivity contribution is 5.27. The van der Waals surface area contributed by atoms with Crippen LogP contribution in [0.3, 0.4) is 0 Å². The summed E-state index contributed by atoms with van der Waals surface area (Å²) in [5, 5.41) is 0. The van der Waals surface area contributed by atoms with Gasteiger partial charge in [0.1, 0.15) is 5.75 Å². The highest BCUT2D eigenvalue weighted by Gasteiger charge is 2.46. The molecule has 0 aromatic heterocycles. The fraction of sp³-hybridized carbons (Fsp3) is 0.538. The molecule has 1 aliphatic rings. The Kier molecular flexibility index (Phi) is 2.70. The quantitative estimate of drug-likeness (QED) is 0.706. The van der Waals surface area contributed by atoms with Gasteiger partial charge in [-0.2, -0.15) is 0 Å². The predicted molar refractivity (Wildman–Crippen MR) is 60.3 cm³/mol. The van der Waals surface area contributed by atoms with Crippen LogP contribution >= 0.6 is 0 Å². The van der Waals surface area contributed by atoms with Crippen molar-refractivity contribution >= 4 is 0 Å². The highest BCUT2D eigenvalue weighted by atomic mass is 16.6. The minimum atomic E-state index is 0.118. The Morgan fingerprint density at radius 2 is 1.87 bits per heavy atom. The molecular weight excluding hydrogens is 188 g/mol. The van der Waals surface area contributed by atoms with E-state index in [2.05, 4.69) is 26.0 Å². The van der Waals surface area contributed by atoms with Gasteiger partial charge in [0.05, 0.1) is 18.8 Å². The number of methoxy groups -OCH3 is 1. The molecule has 82 valence electrons. The predicted octanol–water partition coefficient (Wildman–Crippen LogP) is 2.81. The second-order valence-electron chi connectivity index (χ2n) is 4.60. The number of epoxide rings is 1. The average Bonchev–Trinajstić information content (AvgIpc) is 2.84. The molecule has 0 bridgehead atoms. The Balaban J connectivity index is 1.84. The van der Waals surface area contributed by atoms with Crippen LogP contribution in [0.25, 0.3) is 0 Å². The van der Waals surface area contributed by atoms with Crippen LogP contribution in [0.2, 0.25) is 0 Å². The molecule has 2 rings (SSSR count). The van der Waals surface area contributed by atoms with Crippen molar-refractivity contribution in [3.63, 3.8) is 0 Å².